The molecule has 4 heteroatoms. The molecule has 0 radical (unpaired) electrons. The Labute approximate surface area is 131 Å². The van der Waals surface area contributed by atoms with Crippen LogP contribution < -0.4 is 0 Å². The van der Waals surface area contributed by atoms with Crippen molar-refractivity contribution in [3.8, 4) is 0 Å². The zero-order valence-electron chi connectivity index (χ0n) is 10.6. The van der Waals surface area contributed by atoms with Crippen LogP contribution >= 0.6 is 22.7 Å². The van der Waals surface area contributed by atoms with Crippen molar-refractivity contribution < 1.29 is 4.21 Å². The molecule has 4 aromatic rings. The van der Waals surface area contributed by atoms with Gasteiger partial charge in [-0.2, -0.15) is 4.21 Å². The summed E-state index contributed by atoms with van der Waals surface area (Å²) in [5.41, 5.74) is 0. The normalized spacial score (nSPS) is 9.40. The molecule has 0 unspecified atom stereocenters. The lowest BCUT2D eigenvalue weighted by Crippen LogP contribution is -1.56. The maximum Gasteiger partial charge on any atom is 0.197 e. The van der Waals surface area contributed by atoms with Crippen LogP contribution in [0.5, 0.6) is 0 Å². The van der Waals surface area contributed by atoms with Crippen LogP contribution in [0.2, 0.25) is 0 Å². The van der Waals surface area contributed by atoms with E-state index in [1.807, 2.05) is 0 Å². The van der Waals surface area contributed by atoms with Gasteiger partial charge in [-0.05, 0) is 45.8 Å². The third-order valence-electron chi connectivity index (χ3n) is 2.72. The number of rotatable bonds is 0. The Morgan fingerprint density at radius 1 is 0.600 bits per heavy atom. The summed E-state index contributed by atoms with van der Waals surface area (Å²) in [6.45, 7) is 0. The van der Waals surface area contributed by atoms with Crippen molar-refractivity contribution in [2.75, 3.05) is 0 Å². The standard InChI is InChI=1S/2C8H6S.OS/c2*1-2-4-8-7(3-1)5-6-9-8;1-2/h2*1-6H;. The van der Waals surface area contributed by atoms with E-state index in [1.54, 1.807) is 22.7 Å². The summed E-state index contributed by atoms with van der Waals surface area (Å²) in [4.78, 5) is 0. The van der Waals surface area contributed by atoms with Gasteiger partial charge in [0.1, 0.15) is 0 Å². The minimum atomic E-state index is 1.35. The predicted octanol–water partition coefficient (Wildman–Crippen LogP) is 5.47. The number of fused-ring (bicyclic) bond motifs is 2. The van der Waals surface area contributed by atoms with Crippen LogP contribution in [0.3, 0.4) is 0 Å². The van der Waals surface area contributed by atoms with Crippen LogP contribution in [0.4, 0.5) is 0 Å². The van der Waals surface area contributed by atoms with Crippen molar-refractivity contribution >= 4 is 55.4 Å². The summed E-state index contributed by atoms with van der Waals surface area (Å²) < 4.78 is 10.6. The molecule has 4 rings (SSSR count). The van der Waals surface area contributed by atoms with Crippen LogP contribution in [0.25, 0.3) is 20.2 Å². The van der Waals surface area contributed by atoms with Gasteiger partial charge in [-0.25, -0.2) is 0 Å². The van der Waals surface area contributed by atoms with Crippen LogP contribution in [0.15, 0.2) is 71.4 Å². The second kappa shape index (κ2) is 7.85. The van der Waals surface area contributed by atoms with Gasteiger partial charge in [-0.1, -0.05) is 36.4 Å². The second-order valence-electron chi connectivity index (χ2n) is 3.92. The van der Waals surface area contributed by atoms with Crippen LogP contribution in [0.1, 0.15) is 0 Å². The van der Waals surface area contributed by atoms with Gasteiger partial charge in [0.25, 0.3) is 0 Å². The molecule has 2 aromatic carbocycles. The highest BCUT2D eigenvalue weighted by Gasteiger charge is 1.88. The van der Waals surface area contributed by atoms with Gasteiger partial charge in [-0.15, -0.1) is 22.7 Å². The number of hydrogen-bond acceptors (Lipinski definition) is 4. The van der Waals surface area contributed by atoms with E-state index in [0.717, 1.165) is 0 Å². The van der Waals surface area contributed by atoms with Crippen molar-refractivity contribution in [3.05, 3.63) is 71.4 Å². The molecule has 0 aliphatic heterocycles. The van der Waals surface area contributed by atoms with Crippen LogP contribution in [0, 0.1) is 0 Å². The van der Waals surface area contributed by atoms with E-state index in [4.69, 9.17) is 4.21 Å². The molecule has 0 aliphatic rings. The molecule has 0 amide bonds. The third-order valence-corrected chi connectivity index (χ3v) is 4.52. The van der Waals surface area contributed by atoms with Gasteiger partial charge in [0.2, 0.25) is 0 Å². The largest absolute Gasteiger partial charge is 0.197 e. The molecule has 0 fully saturated rings. The van der Waals surface area contributed by atoms with E-state index in [-0.39, 0.29) is 0 Å². The van der Waals surface area contributed by atoms with E-state index in [0.29, 0.717) is 0 Å². The highest BCUT2D eigenvalue weighted by Crippen LogP contribution is 2.19. The molecule has 2 heterocycles. The molecular weight excluding hydrogens is 304 g/mol. The lowest BCUT2D eigenvalue weighted by atomic mass is 10.3. The topological polar surface area (TPSA) is 17.1 Å². The van der Waals surface area contributed by atoms with E-state index in [1.165, 1.54) is 20.2 Å². The Bertz CT molecular complexity index is 647. The van der Waals surface area contributed by atoms with Crippen LogP contribution in [-0.4, -0.2) is 4.21 Å². The third kappa shape index (κ3) is 3.70. The molecule has 1 nitrogen and oxygen atoms in total. The fraction of sp³-hybridized carbons (Fsp3) is 0. The summed E-state index contributed by atoms with van der Waals surface area (Å²) in [5, 5.41) is 6.93. The zero-order valence-corrected chi connectivity index (χ0v) is 13.0. The smallest absolute Gasteiger partial charge is 0.197 e. The first-order chi connectivity index (χ1) is 9.93. The first-order valence-electron chi connectivity index (χ1n) is 5.95. The molecule has 100 valence electrons. The van der Waals surface area contributed by atoms with E-state index >= 15 is 0 Å². The zero-order chi connectivity index (χ0) is 14.2. The average Bonchev–Trinajstić information content (AvgIpc) is 3.18. The summed E-state index contributed by atoms with van der Waals surface area (Å²) >= 11 is 6.41. The average molecular weight is 316 g/mol. The maximum absolute atomic E-state index is 7.83. The van der Waals surface area contributed by atoms with Gasteiger partial charge in [-0.3, -0.25) is 0 Å². The maximum atomic E-state index is 7.83. The Morgan fingerprint density at radius 3 is 1.40 bits per heavy atom. The van der Waals surface area contributed by atoms with E-state index in [9.17, 15) is 0 Å². The Morgan fingerprint density at radius 2 is 1.00 bits per heavy atom. The van der Waals surface area contributed by atoms with Crippen molar-refractivity contribution in [1.29, 1.82) is 0 Å². The predicted molar refractivity (Wildman–Crippen MR) is 91.8 cm³/mol. The molecule has 0 saturated carbocycles. The minimum Gasteiger partial charge on any atom is -0.197 e. The lowest BCUT2D eigenvalue weighted by molar-refractivity contribution is 0.702. The number of thiophene rings is 2. The molecule has 0 spiro atoms. The fourth-order valence-electron chi connectivity index (χ4n) is 1.81. The number of benzene rings is 2. The second-order valence-corrected chi connectivity index (χ2v) is 5.81. The summed E-state index contributed by atoms with van der Waals surface area (Å²) in [7, 11) is 0. The van der Waals surface area contributed by atoms with Gasteiger partial charge in [0.15, 0.2) is 12.5 Å². The molecule has 20 heavy (non-hydrogen) atoms. The molecule has 2 aromatic heterocycles. The summed E-state index contributed by atoms with van der Waals surface area (Å²) in [6, 6.07) is 21.1. The van der Waals surface area contributed by atoms with Crippen molar-refractivity contribution in [1.82, 2.24) is 0 Å². The minimum absolute atomic E-state index is 1.35. The molecule has 0 N–H and O–H groups in total. The fourth-order valence-corrected chi connectivity index (χ4v) is 3.39. The van der Waals surface area contributed by atoms with Gasteiger partial charge in [0.05, 0.1) is 0 Å². The highest BCUT2D eigenvalue weighted by atomic mass is 32.1. The van der Waals surface area contributed by atoms with Gasteiger partial charge < -0.3 is 0 Å². The first kappa shape index (κ1) is 14.8. The van der Waals surface area contributed by atoms with Crippen molar-refractivity contribution in [2.45, 2.75) is 0 Å². The molecular formula is C16H12OS3. The van der Waals surface area contributed by atoms with Crippen LogP contribution in [-0.2, 0) is 12.5 Å². The Hall–Kier alpha value is -1.62. The summed E-state index contributed by atoms with van der Waals surface area (Å²) in [5.74, 6) is 0. The van der Waals surface area contributed by atoms with Crippen molar-refractivity contribution in [2.24, 2.45) is 0 Å². The number of hydrogen-bond donors (Lipinski definition) is 0. The molecule has 0 aliphatic carbocycles. The quantitative estimate of drug-likeness (QED) is 0.428. The monoisotopic (exact) mass is 316 g/mol. The lowest BCUT2D eigenvalue weighted by Gasteiger charge is -1.82. The molecule has 0 saturated heterocycles. The highest BCUT2D eigenvalue weighted by molar-refractivity contribution is 7.44. The summed E-state index contributed by atoms with van der Waals surface area (Å²) in [6.07, 6.45) is 0. The SMILES string of the molecule is O=S.c1ccc2sccc2c1.c1ccc2sccc2c1. The Kier molecular flexibility index (Phi) is 5.80. The molecule has 0 atom stereocenters. The van der Waals surface area contributed by atoms with Gasteiger partial charge >= 0.3 is 0 Å². The first-order valence-corrected chi connectivity index (χ1v) is 8.04. The van der Waals surface area contributed by atoms with Gasteiger partial charge in [0, 0.05) is 9.40 Å². The Balaban J connectivity index is 0.000000131. The van der Waals surface area contributed by atoms with Crippen molar-refractivity contribution in [3.63, 3.8) is 0 Å². The molecule has 0 bridgehead atoms. The van der Waals surface area contributed by atoms with E-state index < -0.39 is 0 Å². The van der Waals surface area contributed by atoms with E-state index in [2.05, 4.69) is 84.0 Å².